The molecule has 1 aromatic carbocycles. The van der Waals surface area contributed by atoms with Gasteiger partial charge in [0, 0.05) is 12.7 Å². The van der Waals surface area contributed by atoms with E-state index in [-0.39, 0.29) is 11.6 Å². The SMILES string of the molecule is CC(C)CNc1ccnc(Nc2c(F)cccc2F)n1. The van der Waals surface area contributed by atoms with Crippen molar-refractivity contribution in [3.63, 3.8) is 0 Å². The average Bonchev–Trinajstić information content (AvgIpc) is 2.41. The molecule has 0 aliphatic heterocycles. The van der Waals surface area contributed by atoms with Crippen molar-refractivity contribution in [2.45, 2.75) is 13.8 Å². The van der Waals surface area contributed by atoms with Gasteiger partial charge in [-0.2, -0.15) is 4.98 Å². The van der Waals surface area contributed by atoms with Crippen LogP contribution >= 0.6 is 0 Å². The highest BCUT2D eigenvalue weighted by Gasteiger charge is 2.10. The van der Waals surface area contributed by atoms with E-state index < -0.39 is 11.6 Å². The molecule has 0 aliphatic rings. The van der Waals surface area contributed by atoms with Crippen molar-refractivity contribution in [1.82, 2.24) is 9.97 Å². The monoisotopic (exact) mass is 278 g/mol. The Morgan fingerprint density at radius 3 is 2.50 bits per heavy atom. The zero-order valence-electron chi connectivity index (χ0n) is 11.3. The van der Waals surface area contributed by atoms with E-state index in [2.05, 4.69) is 34.4 Å². The van der Waals surface area contributed by atoms with Crippen LogP contribution in [0, 0.1) is 17.6 Å². The Hall–Kier alpha value is -2.24. The molecule has 2 N–H and O–H groups in total. The van der Waals surface area contributed by atoms with Crippen molar-refractivity contribution in [1.29, 1.82) is 0 Å². The molecule has 0 aliphatic carbocycles. The van der Waals surface area contributed by atoms with Gasteiger partial charge in [-0.15, -0.1) is 0 Å². The summed E-state index contributed by atoms with van der Waals surface area (Å²) in [6.45, 7) is 4.90. The number of nitrogens with one attached hydrogen (secondary N) is 2. The molecule has 2 rings (SSSR count). The van der Waals surface area contributed by atoms with Crippen LogP contribution in [0.3, 0.4) is 0 Å². The van der Waals surface area contributed by atoms with Gasteiger partial charge in [-0.1, -0.05) is 19.9 Å². The summed E-state index contributed by atoms with van der Waals surface area (Å²) in [6, 6.07) is 5.35. The number of hydrogen-bond donors (Lipinski definition) is 2. The van der Waals surface area contributed by atoms with E-state index in [0.29, 0.717) is 11.7 Å². The molecule has 0 unspecified atom stereocenters. The zero-order chi connectivity index (χ0) is 14.5. The summed E-state index contributed by atoms with van der Waals surface area (Å²) in [6.07, 6.45) is 1.52. The molecule has 0 amide bonds. The van der Waals surface area contributed by atoms with E-state index >= 15 is 0 Å². The third-order valence-electron chi connectivity index (χ3n) is 2.55. The van der Waals surface area contributed by atoms with Crippen LogP contribution < -0.4 is 10.6 Å². The van der Waals surface area contributed by atoms with Gasteiger partial charge < -0.3 is 10.6 Å². The first-order chi connectivity index (χ1) is 9.56. The number of para-hydroxylation sites is 1. The predicted molar refractivity (Wildman–Crippen MR) is 75.0 cm³/mol. The Bertz CT molecular complexity index is 567. The fraction of sp³-hybridized carbons (Fsp3) is 0.286. The van der Waals surface area contributed by atoms with Gasteiger partial charge in [0.05, 0.1) is 0 Å². The second-order valence-corrected chi connectivity index (χ2v) is 4.76. The molecule has 20 heavy (non-hydrogen) atoms. The molecule has 0 fully saturated rings. The molecule has 6 heteroatoms. The molecule has 0 saturated heterocycles. The number of aromatic nitrogens is 2. The molecular formula is C14H16F2N4. The molecule has 1 aromatic heterocycles. The summed E-state index contributed by atoms with van der Waals surface area (Å²) >= 11 is 0. The van der Waals surface area contributed by atoms with Gasteiger partial charge in [-0.25, -0.2) is 13.8 Å². The third-order valence-corrected chi connectivity index (χ3v) is 2.55. The lowest BCUT2D eigenvalue weighted by Crippen LogP contribution is -2.10. The highest BCUT2D eigenvalue weighted by Crippen LogP contribution is 2.21. The second kappa shape index (κ2) is 6.27. The highest BCUT2D eigenvalue weighted by atomic mass is 19.1. The maximum absolute atomic E-state index is 13.5. The van der Waals surface area contributed by atoms with Gasteiger partial charge in [0.25, 0.3) is 0 Å². The highest BCUT2D eigenvalue weighted by molar-refractivity contribution is 5.56. The predicted octanol–water partition coefficient (Wildman–Crippen LogP) is 3.57. The molecule has 0 radical (unpaired) electrons. The van der Waals surface area contributed by atoms with E-state index in [4.69, 9.17) is 0 Å². The van der Waals surface area contributed by atoms with Crippen molar-refractivity contribution in [2.75, 3.05) is 17.2 Å². The number of halogens is 2. The Balaban J connectivity index is 2.15. The van der Waals surface area contributed by atoms with E-state index in [9.17, 15) is 8.78 Å². The molecule has 0 saturated carbocycles. The number of rotatable bonds is 5. The molecule has 0 spiro atoms. The van der Waals surface area contributed by atoms with Crippen LogP contribution in [0.15, 0.2) is 30.5 Å². The smallest absolute Gasteiger partial charge is 0.229 e. The Morgan fingerprint density at radius 1 is 1.15 bits per heavy atom. The van der Waals surface area contributed by atoms with Gasteiger partial charge in [0.2, 0.25) is 5.95 Å². The fourth-order valence-electron chi connectivity index (χ4n) is 1.56. The van der Waals surface area contributed by atoms with E-state index in [1.54, 1.807) is 6.07 Å². The third kappa shape index (κ3) is 3.63. The lowest BCUT2D eigenvalue weighted by molar-refractivity contribution is 0.590. The normalized spacial score (nSPS) is 10.7. The number of hydrogen-bond acceptors (Lipinski definition) is 4. The lowest BCUT2D eigenvalue weighted by atomic mass is 10.2. The molecule has 4 nitrogen and oxygen atoms in total. The zero-order valence-corrected chi connectivity index (χ0v) is 11.3. The quantitative estimate of drug-likeness (QED) is 0.878. The number of nitrogens with zero attached hydrogens (tertiary/aromatic N) is 2. The average molecular weight is 278 g/mol. The van der Waals surface area contributed by atoms with Crippen molar-refractivity contribution in [2.24, 2.45) is 5.92 Å². The molecule has 0 bridgehead atoms. The van der Waals surface area contributed by atoms with Crippen LogP contribution in [0.1, 0.15) is 13.8 Å². The summed E-state index contributed by atoms with van der Waals surface area (Å²) < 4.78 is 27.0. The van der Waals surface area contributed by atoms with E-state index in [1.807, 2.05) is 0 Å². The van der Waals surface area contributed by atoms with E-state index in [0.717, 1.165) is 6.54 Å². The molecule has 0 atom stereocenters. The minimum atomic E-state index is -0.686. The van der Waals surface area contributed by atoms with Gasteiger partial charge in [-0.3, -0.25) is 0 Å². The topological polar surface area (TPSA) is 49.8 Å². The maximum Gasteiger partial charge on any atom is 0.229 e. The largest absolute Gasteiger partial charge is 0.370 e. The van der Waals surface area contributed by atoms with Gasteiger partial charge in [-0.05, 0) is 24.1 Å². The summed E-state index contributed by atoms with van der Waals surface area (Å²) in [5, 5.41) is 5.68. The first-order valence-electron chi connectivity index (χ1n) is 6.34. The van der Waals surface area contributed by atoms with Crippen molar-refractivity contribution in [3.8, 4) is 0 Å². The minimum absolute atomic E-state index is 0.141. The first kappa shape index (κ1) is 14.2. The van der Waals surface area contributed by atoms with E-state index in [1.165, 1.54) is 24.4 Å². The van der Waals surface area contributed by atoms with Crippen LogP contribution in [0.25, 0.3) is 0 Å². The first-order valence-corrected chi connectivity index (χ1v) is 6.34. The summed E-state index contributed by atoms with van der Waals surface area (Å²) in [7, 11) is 0. The Morgan fingerprint density at radius 2 is 1.85 bits per heavy atom. The number of anilines is 3. The molecule has 1 heterocycles. The summed E-state index contributed by atoms with van der Waals surface area (Å²) in [4.78, 5) is 8.10. The van der Waals surface area contributed by atoms with Crippen molar-refractivity contribution in [3.05, 3.63) is 42.1 Å². The van der Waals surface area contributed by atoms with Gasteiger partial charge in [0.15, 0.2) is 0 Å². The fourth-order valence-corrected chi connectivity index (χ4v) is 1.56. The lowest BCUT2D eigenvalue weighted by Gasteiger charge is -2.10. The van der Waals surface area contributed by atoms with Crippen LogP contribution in [-0.4, -0.2) is 16.5 Å². The van der Waals surface area contributed by atoms with Crippen molar-refractivity contribution < 1.29 is 8.78 Å². The second-order valence-electron chi connectivity index (χ2n) is 4.76. The van der Waals surface area contributed by atoms with Crippen LogP contribution in [0.5, 0.6) is 0 Å². The Labute approximate surface area is 116 Å². The summed E-state index contributed by atoms with van der Waals surface area (Å²) in [5.41, 5.74) is -0.256. The summed E-state index contributed by atoms with van der Waals surface area (Å²) in [5.74, 6) is -0.163. The van der Waals surface area contributed by atoms with Gasteiger partial charge in [0.1, 0.15) is 23.1 Å². The minimum Gasteiger partial charge on any atom is -0.370 e. The molecule has 106 valence electrons. The van der Waals surface area contributed by atoms with Crippen molar-refractivity contribution >= 4 is 17.5 Å². The maximum atomic E-state index is 13.5. The van der Waals surface area contributed by atoms with Crippen LogP contribution in [0.2, 0.25) is 0 Å². The van der Waals surface area contributed by atoms with Gasteiger partial charge >= 0.3 is 0 Å². The Kier molecular flexibility index (Phi) is 4.45. The molecular weight excluding hydrogens is 262 g/mol. The van der Waals surface area contributed by atoms with Crippen LogP contribution in [0.4, 0.5) is 26.2 Å². The molecule has 2 aromatic rings. The standard InChI is InChI=1S/C14H16F2N4/c1-9(2)8-18-12-6-7-17-14(19-12)20-13-10(15)4-3-5-11(13)16/h3-7,9H,8H2,1-2H3,(H2,17,18,19,20). The number of benzene rings is 1. The van der Waals surface area contributed by atoms with Crippen LogP contribution in [-0.2, 0) is 0 Å².